The summed E-state index contributed by atoms with van der Waals surface area (Å²) in [6.45, 7) is 0. The first-order valence-corrected chi connectivity index (χ1v) is 6.28. The molecule has 0 aliphatic rings. The molecule has 0 bridgehead atoms. The van der Waals surface area contributed by atoms with Crippen LogP contribution in [0.15, 0.2) is 35.4 Å². The molecule has 2 aromatic rings. The molecule has 1 amide bonds. The minimum atomic E-state index is -0.448. The molecule has 0 aliphatic heterocycles. The number of hydrogen-bond acceptors (Lipinski definition) is 7. The van der Waals surface area contributed by atoms with E-state index in [-0.39, 0.29) is 34.3 Å². The Bertz CT molecular complexity index is 782. The number of aromatic nitrogens is 3. The van der Waals surface area contributed by atoms with Gasteiger partial charge < -0.3 is 27.1 Å². The van der Waals surface area contributed by atoms with Crippen LogP contribution < -0.4 is 27.7 Å². The number of carbonyl (C=O) groups excluding carboxylic acids is 1. The fourth-order valence-corrected chi connectivity index (χ4v) is 1.69. The zero-order chi connectivity index (χ0) is 16.1. The molecular formula is C13H15N7O2. The van der Waals surface area contributed by atoms with Crippen LogP contribution in [0.25, 0.3) is 5.57 Å². The second-order valence-corrected chi connectivity index (χ2v) is 4.20. The molecule has 2 aromatic heterocycles. The van der Waals surface area contributed by atoms with Gasteiger partial charge in [0.1, 0.15) is 17.3 Å². The number of rotatable bonds is 4. The van der Waals surface area contributed by atoms with Crippen LogP contribution in [-0.2, 0) is 4.79 Å². The maximum atomic E-state index is 11.7. The lowest BCUT2D eigenvalue weighted by atomic mass is 10.2. The smallest absolute Gasteiger partial charge is 0.271 e. The maximum absolute atomic E-state index is 11.7. The molecule has 0 aliphatic carbocycles. The van der Waals surface area contributed by atoms with Crippen molar-refractivity contribution in [1.82, 2.24) is 20.3 Å². The molecule has 2 rings (SSSR count). The molecule has 0 radical (unpaired) electrons. The number of anilines is 3. The minimum absolute atomic E-state index is 0.0525. The second kappa shape index (κ2) is 6.39. The normalized spacial score (nSPS) is 11.0. The van der Waals surface area contributed by atoms with Gasteiger partial charge in [-0.15, -0.1) is 0 Å². The maximum Gasteiger partial charge on any atom is 0.271 e. The van der Waals surface area contributed by atoms with E-state index in [0.29, 0.717) is 0 Å². The number of H-pyrrole nitrogens is 1. The minimum Gasteiger partial charge on any atom is -0.404 e. The highest BCUT2D eigenvalue weighted by molar-refractivity contribution is 6.18. The summed E-state index contributed by atoms with van der Waals surface area (Å²) in [6, 6.07) is 4.67. The molecule has 2 heterocycles. The lowest BCUT2D eigenvalue weighted by Gasteiger charge is -2.09. The van der Waals surface area contributed by atoms with Gasteiger partial charge >= 0.3 is 0 Å². The van der Waals surface area contributed by atoms with Gasteiger partial charge in [0.05, 0.1) is 5.57 Å². The van der Waals surface area contributed by atoms with E-state index in [9.17, 15) is 9.59 Å². The first-order chi connectivity index (χ1) is 10.5. The molecule has 9 heteroatoms. The molecule has 0 atom stereocenters. The highest BCUT2D eigenvalue weighted by Crippen LogP contribution is 2.17. The molecule has 0 fully saturated rings. The number of amides is 1. The third kappa shape index (κ3) is 3.20. The fraction of sp³-hybridized carbons (Fsp3) is 0.0769. The van der Waals surface area contributed by atoms with Gasteiger partial charge in [0.25, 0.3) is 11.5 Å². The van der Waals surface area contributed by atoms with E-state index in [1.807, 2.05) is 0 Å². The van der Waals surface area contributed by atoms with Gasteiger partial charge in [-0.25, -0.2) is 9.97 Å². The number of pyridine rings is 1. The van der Waals surface area contributed by atoms with Gasteiger partial charge in [-0.05, 0) is 12.1 Å². The fourth-order valence-electron chi connectivity index (χ4n) is 1.69. The molecule has 114 valence electrons. The second-order valence-electron chi connectivity index (χ2n) is 4.20. The van der Waals surface area contributed by atoms with Crippen LogP contribution in [-0.4, -0.2) is 27.9 Å². The van der Waals surface area contributed by atoms with E-state index in [2.05, 4.69) is 25.6 Å². The van der Waals surface area contributed by atoms with Crippen molar-refractivity contribution in [3.63, 3.8) is 0 Å². The van der Waals surface area contributed by atoms with Gasteiger partial charge in [-0.3, -0.25) is 9.59 Å². The number of likely N-dealkylation sites (N-methyl/N-ethyl adjacent to an activating group) is 1. The first kappa shape index (κ1) is 15.0. The van der Waals surface area contributed by atoms with Crippen molar-refractivity contribution in [2.24, 2.45) is 5.73 Å². The number of hydrogen-bond donors (Lipinski definition) is 5. The lowest BCUT2D eigenvalue weighted by Crippen LogP contribution is -2.22. The third-order valence-electron chi connectivity index (χ3n) is 2.71. The molecule has 9 nitrogen and oxygen atoms in total. The van der Waals surface area contributed by atoms with Crippen molar-refractivity contribution >= 4 is 28.8 Å². The molecule has 0 unspecified atom stereocenters. The van der Waals surface area contributed by atoms with Crippen molar-refractivity contribution in [2.75, 3.05) is 18.1 Å². The monoisotopic (exact) mass is 301 g/mol. The average molecular weight is 301 g/mol. The summed E-state index contributed by atoms with van der Waals surface area (Å²) in [7, 11) is 1.46. The number of nitrogens with zero attached hydrogens (tertiary/aromatic N) is 2. The largest absolute Gasteiger partial charge is 0.404 e. The van der Waals surface area contributed by atoms with Crippen molar-refractivity contribution in [3.8, 4) is 0 Å². The Kier molecular flexibility index (Phi) is 4.37. The topological polar surface area (TPSA) is 152 Å². The highest BCUT2D eigenvalue weighted by atomic mass is 16.1. The Morgan fingerprint density at radius 3 is 2.82 bits per heavy atom. The summed E-state index contributed by atoms with van der Waals surface area (Å²) in [6.07, 6.45) is 2.60. The molecule has 0 aromatic carbocycles. The summed E-state index contributed by atoms with van der Waals surface area (Å²) >= 11 is 0. The third-order valence-corrected chi connectivity index (χ3v) is 2.71. The number of nitrogens with two attached hydrogens (primary N) is 2. The SMILES string of the molecule is CNC(=O)/C(=C/N)c1nc(N)cc(Nc2ccc[nH]c2=O)n1. The summed E-state index contributed by atoms with van der Waals surface area (Å²) in [5, 5.41) is 5.24. The standard InChI is InChI=1S/C13H15N7O2/c1-16-12(21)7(6-14)11-19-9(15)5-10(20-11)18-8-3-2-4-17-13(8)22/h2-6H,14H2,1H3,(H,16,21)(H,17,22)(H3,15,18,19,20)/b7-6+. The average Bonchev–Trinajstić information content (AvgIpc) is 2.49. The Labute approximate surface area is 125 Å². The van der Waals surface area contributed by atoms with Crippen molar-refractivity contribution in [1.29, 1.82) is 0 Å². The van der Waals surface area contributed by atoms with E-state index in [0.717, 1.165) is 6.20 Å². The molecule has 0 spiro atoms. The Morgan fingerprint density at radius 2 is 2.18 bits per heavy atom. The van der Waals surface area contributed by atoms with Gasteiger partial charge in [0.15, 0.2) is 5.82 Å². The molecule has 22 heavy (non-hydrogen) atoms. The summed E-state index contributed by atoms with van der Waals surface area (Å²) in [5.41, 5.74) is 11.2. The van der Waals surface area contributed by atoms with Crippen molar-refractivity contribution < 1.29 is 4.79 Å². The number of aromatic amines is 1. The summed E-state index contributed by atoms with van der Waals surface area (Å²) in [5.74, 6) is -0.00103. The lowest BCUT2D eigenvalue weighted by molar-refractivity contribution is -0.115. The zero-order valence-corrected chi connectivity index (χ0v) is 11.8. The van der Waals surface area contributed by atoms with Gasteiger partial charge in [0, 0.05) is 25.5 Å². The van der Waals surface area contributed by atoms with E-state index >= 15 is 0 Å². The van der Waals surface area contributed by atoms with Crippen molar-refractivity contribution in [2.45, 2.75) is 0 Å². The van der Waals surface area contributed by atoms with Gasteiger partial charge in [-0.1, -0.05) is 0 Å². The number of carbonyl (C=O) groups is 1. The van der Waals surface area contributed by atoms with Gasteiger partial charge in [0.2, 0.25) is 0 Å². The van der Waals surface area contributed by atoms with Crippen LogP contribution in [0, 0.1) is 0 Å². The predicted octanol–water partition coefficient (Wildman–Crippen LogP) is -0.464. The van der Waals surface area contributed by atoms with Crippen LogP contribution in [0.5, 0.6) is 0 Å². The molecule has 0 saturated carbocycles. The highest BCUT2D eigenvalue weighted by Gasteiger charge is 2.15. The zero-order valence-electron chi connectivity index (χ0n) is 11.8. The number of nitrogen functional groups attached to an aromatic ring is 1. The quantitative estimate of drug-likeness (QED) is 0.479. The van der Waals surface area contributed by atoms with Crippen LogP contribution in [0.2, 0.25) is 0 Å². The molecule has 7 N–H and O–H groups in total. The Hall–Kier alpha value is -3.36. The van der Waals surface area contributed by atoms with Gasteiger partial charge in [-0.2, -0.15) is 0 Å². The first-order valence-electron chi connectivity index (χ1n) is 6.28. The Balaban J connectivity index is 2.41. The van der Waals surface area contributed by atoms with E-state index in [1.165, 1.54) is 19.3 Å². The molecular weight excluding hydrogens is 286 g/mol. The Morgan fingerprint density at radius 1 is 1.41 bits per heavy atom. The molecule has 0 saturated heterocycles. The van der Waals surface area contributed by atoms with Crippen LogP contribution in [0.1, 0.15) is 5.82 Å². The van der Waals surface area contributed by atoms with E-state index in [4.69, 9.17) is 11.5 Å². The summed E-state index contributed by atoms with van der Waals surface area (Å²) < 4.78 is 0. The summed E-state index contributed by atoms with van der Waals surface area (Å²) in [4.78, 5) is 34.0. The van der Waals surface area contributed by atoms with Crippen LogP contribution >= 0.6 is 0 Å². The van der Waals surface area contributed by atoms with Crippen molar-refractivity contribution in [3.05, 3.63) is 46.8 Å². The predicted molar refractivity (Wildman–Crippen MR) is 83.0 cm³/mol. The van der Waals surface area contributed by atoms with E-state index < -0.39 is 5.91 Å². The number of nitrogens with one attached hydrogen (secondary N) is 3. The van der Waals surface area contributed by atoms with Crippen LogP contribution in [0.4, 0.5) is 17.3 Å². The van der Waals surface area contributed by atoms with Crippen LogP contribution in [0.3, 0.4) is 0 Å². The van der Waals surface area contributed by atoms with E-state index in [1.54, 1.807) is 12.1 Å².